The largest absolute Gasteiger partial charge is 0.311 e. The van der Waals surface area contributed by atoms with Gasteiger partial charge in [-0.2, -0.15) is 5.10 Å². The van der Waals surface area contributed by atoms with Gasteiger partial charge in [0.15, 0.2) is 0 Å². The Kier molecular flexibility index (Phi) is 4.15. The molecule has 0 spiro atoms. The zero-order valence-corrected chi connectivity index (χ0v) is 11.3. The number of likely N-dealkylation sites (N-methyl/N-ethyl adjacent to an activating group) is 1. The van der Waals surface area contributed by atoms with Gasteiger partial charge in [-0.25, -0.2) is 0 Å². The zero-order valence-electron chi connectivity index (χ0n) is 11.3. The molecule has 0 radical (unpaired) electrons. The molecule has 0 aliphatic heterocycles. The van der Waals surface area contributed by atoms with Crippen LogP contribution < -0.4 is 5.32 Å². The molecule has 1 heterocycles. The van der Waals surface area contributed by atoms with Crippen molar-refractivity contribution in [3.05, 3.63) is 53.9 Å². The van der Waals surface area contributed by atoms with Gasteiger partial charge < -0.3 is 5.32 Å². The third-order valence-electron chi connectivity index (χ3n) is 3.48. The molecule has 0 bridgehead atoms. The minimum atomic E-state index is 0.274. The molecule has 3 heteroatoms. The molecular formula is C15H21N3. The Morgan fingerprint density at radius 2 is 2.00 bits per heavy atom. The van der Waals surface area contributed by atoms with E-state index >= 15 is 0 Å². The summed E-state index contributed by atoms with van der Waals surface area (Å²) < 4.78 is 1.99. The highest BCUT2D eigenvalue weighted by atomic mass is 15.3. The van der Waals surface area contributed by atoms with Gasteiger partial charge in [0, 0.05) is 12.4 Å². The van der Waals surface area contributed by atoms with Gasteiger partial charge in [-0.15, -0.1) is 0 Å². The molecule has 0 saturated carbocycles. The van der Waals surface area contributed by atoms with E-state index in [1.165, 1.54) is 11.1 Å². The van der Waals surface area contributed by atoms with Crippen LogP contribution in [0.2, 0.25) is 0 Å². The van der Waals surface area contributed by atoms with Crippen LogP contribution in [-0.2, 0) is 6.42 Å². The summed E-state index contributed by atoms with van der Waals surface area (Å²) in [7, 11) is 2.00. The van der Waals surface area contributed by atoms with E-state index in [0.717, 1.165) is 6.42 Å². The third-order valence-corrected chi connectivity index (χ3v) is 3.48. The van der Waals surface area contributed by atoms with Gasteiger partial charge >= 0.3 is 0 Å². The van der Waals surface area contributed by atoms with E-state index in [-0.39, 0.29) is 12.1 Å². The second-order valence-corrected chi connectivity index (χ2v) is 4.59. The number of benzene rings is 1. The van der Waals surface area contributed by atoms with Gasteiger partial charge in [-0.05, 0) is 37.6 Å². The Morgan fingerprint density at radius 3 is 2.50 bits per heavy atom. The van der Waals surface area contributed by atoms with Crippen LogP contribution in [0.25, 0.3) is 0 Å². The number of hydrogen-bond acceptors (Lipinski definition) is 2. The van der Waals surface area contributed by atoms with Gasteiger partial charge in [0.1, 0.15) is 0 Å². The summed E-state index contributed by atoms with van der Waals surface area (Å²) in [4.78, 5) is 0. The number of hydrogen-bond donors (Lipinski definition) is 1. The van der Waals surface area contributed by atoms with Crippen molar-refractivity contribution < 1.29 is 0 Å². The minimum absolute atomic E-state index is 0.274. The van der Waals surface area contributed by atoms with Crippen molar-refractivity contribution in [1.82, 2.24) is 15.1 Å². The van der Waals surface area contributed by atoms with Gasteiger partial charge in [0.25, 0.3) is 0 Å². The molecule has 1 aromatic carbocycles. The van der Waals surface area contributed by atoms with Crippen molar-refractivity contribution in [3.8, 4) is 0 Å². The SMILES string of the molecule is CCc1ccc(C(NC)C(C)n2cccn2)cc1. The fourth-order valence-corrected chi connectivity index (χ4v) is 2.32. The molecule has 1 aromatic heterocycles. The van der Waals surface area contributed by atoms with Crippen LogP contribution in [0.15, 0.2) is 42.7 Å². The summed E-state index contributed by atoms with van der Waals surface area (Å²) in [5.74, 6) is 0. The quantitative estimate of drug-likeness (QED) is 0.875. The van der Waals surface area contributed by atoms with Crippen LogP contribution in [0.4, 0.5) is 0 Å². The van der Waals surface area contributed by atoms with Crippen molar-refractivity contribution in [1.29, 1.82) is 0 Å². The standard InChI is InChI=1S/C15H21N3/c1-4-13-6-8-14(9-7-13)15(16-3)12(2)18-11-5-10-17-18/h5-12,15-16H,4H2,1-3H3. The summed E-state index contributed by atoms with van der Waals surface area (Å²) in [5.41, 5.74) is 2.68. The van der Waals surface area contributed by atoms with Crippen LogP contribution in [-0.4, -0.2) is 16.8 Å². The molecular weight excluding hydrogens is 222 g/mol. The fourth-order valence-electron chi connectivity index (χ4n) is 2.32. The summed E-state index contributed by atoms with van der Waals surface area (Å²) in [5, 5.41) is 7.70. The molecule has 0 fully saturated rings. The van der Waals surface area contributed by atoms with Gasteiger partial charge in [0.05, 0.1) is 12.1 Å². The lowest BCUT2D eigenvalue weighted by atomic mass is 9.99. The Hall–Kier alpha value is -1.61. The molecule has 2 aromatic rings. The topological polar surface area (TPSA) is 29.9 Å². The maximum absolute atomic E-state index is 4.32. The molecule has 0 aliphatic carbocycles. The molecule has 18 heavy (non-hydrogen) atoms. The highest BCUT2D eigenvalue weighted by Gasteiger charge is 2.18. The Morgan fingerprint density at radius 1 is 1.28 bits per heavy atom. The lowest BCUT2D eigenvalue weighted by Crippen LogP contribution is -2.26. The second-order valence-electron chi connectivity index (χ2n) is 4.59. The second kappa shape index (κ2) is 5.83. The molecule has 0 amide bonds. The zero-order chi connectivity index (χ0) is 13.0. The summed E-state index contributed by atoms with van der Waals surface area (Å²) in [6.07, 6.45) is 4.91. The van der Waals surface area contributed by atoms with E-state index < -0.39 is 0 Å². The minimum Gasteiger partial charge on any atom is -0.311 e. The van der Waals surface area contributed by atoms with Crippen LogP contribution >= 0.6 is 0 Å². The molecule has 2 unspecified atom stereocenters. The molecule has 96 valence electrons. The summed E-state index contributed by atoms with van der Waals surface area (Å²) >= 11 is 0. The Bertz CT molecular complexity index is 459. The van der Waals surface area contributed by atoms with E-state index in [1.807, 2.05) is 30.2 Å². The number of aryl methyl sites for hydroxylation is 1. The van der Waals surface area contributed by atoms with Crippen molar-refractivity contribution in [2.45, 2.75) is 32.4 Å². The number of nitrogens with zero attached hydrogens (tertiary/aromatic N) is 2. The molecule has 0 saturated heterocycles. The number of aromatic nitrogens is 2. The summed E-state index contributed by atoms with van der Waals surface area (Å²) in [6.45, 7) is 4.36. The Balaban J connectivity index is 2.21. The fraction of sp³-hybridized carbons (Fsp3) is 0.400. The normalized spacial score (nSPS) is 14.4. The van der Waals surface area contributed by atoms with Crippen molar-refractivity contribution in [2.24, 2.45) is 0 Å². The average Bonchev–Trinajstić information content (AvgIpc) is 2.94. The van der Waals surface area contributed by atoms with E-state index in [2.05, 4.69) is 48.5 Å². The van der Waals surface area contributed by atoms with E-state index in [9.17, 15) is 0 Å². The Labute approximate surface area is 109 Å². The smallest absolute Gasteiger partial charge is 0.0685 e. The monoisotopic (exact) mass is 243 g/mol. The predicted octanol–water partition coefficient (Wildman–Crippen LogP) is 2.97. The van der Waals surface area contributed by atoms with Crippen molar-refractivity contribution >= 4 is 0 Å². The average molecular weight is 243 g/mol. The molecule has 0 aliphatic rings. The van der Waals surface area contributed by atoms with Crippen LogP contribution in [0.1, 0.15) is 37.1 Å². The molecule has 3 nitrogen and oxygen atoms in total. The van der Waals surface area contributed by atoms with Crippen molar-refractivity contribution in [3.63, 3.8) is 0 Å². The van der Waals surface area contributed by atoms with Gasteiger partial charge in [0.2, 0.25) is 0 Å². The molecule has 2 atom stereocenters. The van der Waals surface area contributed by atoms with Gasteiger partial charge in [-0.1, -0.05) is 31.2 Å². The molecule has 2 rings (SSSR count). The highest BCUT2D eigenvalue weighted by Crippen LogP contribution is 2.25. The first kappa shape index (κ1) is 12.8. The van der Waals surface area contributed by atoms with Crippen LogP contribution in [0.5, 0.6) is 0 Å². The van der Waals surface area contributed by atoms with E-state index in [1.54, 1.807) is 0 Å². The first-order chi connectivity index (χ1) is 8.76. The summed E-state index contributed by atoms with van der Waals surface area (Å²) in [6, 6.07) is 11.3. The lowest BCUT2D eigenvalue weighted by molar-refractivity contribution is 0.372. The van der Waals surface area contributed by atoms with E-state index in [0.29, 0.717) is 0 Å². The van der Waals surface area contributed by atoms with Crippen LogP contribution in [0.3, 0.4) is 0 Å². The van der Waals surface area contributed by atoms with Crippen LogP contribution in [0, 0.1) is 0 Å². The third kappa shape index (κ3) is 2.62. The predicted molar refractivity (Wildman–Crippen MR) is 74.6 cm³/mol. The van der Waals surface area contributed by atoms with E-state index in [4.69, 9.17) is 0 Å². The molecule has 1 N–H and O–H groups in total. The number of nitrogens with one attached hydrogen (secondary N) is 1. The first-order valence-electron chi connectivity index (χ1n) is 6.51. The highest BCUT2D eigenvalue weighted by molar-refractivity contribution is 5.25. The van der Waals surface area contributed by atoms with Gasteiger partial charge in [-0.3, -0.25) is 4.68 Å². The number of rotatable bonds is 5. The lowest BCUT2D eigenvalue weighted by Gasteiger charge is -2.24. The maximum Gasteiger partial charge on any atom is 0.0685 e. The van der Waals surface area contributed by atoms with Crippen molar-refractivity contribution in [2.75, 3.05) is 7.05 Å². The first-order valence-corrected chi connectivity index (χ1v) is 6.51. The maximum atomic E-state index is 4.32.